The maximum absolute atomic E-state index is 10.3. The van der Waals surface area contributed by atoms with Crippen molar-refractivity contribution in [2.75, 3.05) is 6.54 Å². The molecule has 0 atom stereocenters. The number of non-ortho nitro benzene ring substituents is 1. The van der Waals surface area contributed by atoms with Gasteiger partial charge < -0.3 is 5.73 Å². The van der Waals surface area contributed by atoms with Crippen LogP contribution in [0, 0.1) is 10.1 Å². The molecule has 1 N–H and O–H groups in total. The predicted octanol–water partition coefficient (Wildman–Crippen LogP) is 2.19. The maximum atomic E-state index is 10.3. The third-order valence-electron chi connectivity index (χ3n) is 1.54. The van der Waals surface area contributed by atoms with Crippen molar-refractivity contribution in [1.29, 1.82) is 0 Å². The molecule has 0 saturated heterocycles. The Morgan fingerprint density at radius 1 is 1.50 bits per heavy atom. The van der Waals surface area contributed by atoms with E-state index in [1.54, 1.807) is 12.1 Å². The average molecular weight is 165 g/mol. The van der Waals surface area contributed by atoms with Crippen molar-refractivity contribution in [2.45, 2.75) is 6.42 Å². The van der Waals surface area contributed by atoms with Crippen molar-refractivity contribution in [3.8, 4) is 0 Å². The van der Waals surface area contributed by atoms with Gasteiger partial charge in [0.15, 0.2) is 0 Å². The highest BCUT2D eigenvalue weighted by molar-refractivity contribution is 5.34. The van der Waals surface area contributed by atoms with Gasteiger partial charge in [0.1, 0.15) is 0 Å². The zero-order valence-corrected chi connectivity index (χ0v) is 6.49. The van der Waals surface area contributed by atoms with Crippen LogP contribution in [0.15, 0.2) is 24.3 Å². The summed E-state index contributed by atoms with van der Waals surface area (Å²) in [6, 6.07) is 6.40. The monoisotopic (exact) mass is 165 g/mol. The van der Waals surface area contributed by atoms with Gasteiger partial charge in [-0.05, 0) is 12.0 Å². The number of nitro groups is 1. The molecule has 0 aliphatic rings. The first-order valence-electron chi connectivity index (χ1n) is 3.62. The predicted molar refractivity (Wildman–Crippen MR) is 46.0 cm³/mol. The van der Waals surface area contributed by atoms with E-state index in [2.05, 4.69) is 0 Å². The summed E-state index contributed by atoms with van der Waals surface area (Å²) in [5, 5.41) is 10.3. The summed E-state index contributed by atoms with van der Waals surface area (Å²) in [6.45, 7) is 0.265. The van der Waals surface area contributed by atoms with E-state index >= 15 is 0 Å². The Morgan fingerprint density at radius 2 is 2.25 bits per heavy atom. The van der Waals surface area contributed by atoms with Crippen LogP contribution < -0.4 is 0 Å². The first-order chi connectivity index (χ1) is 5.74. The molecule has 4 nitrogen and oxygen atoms in total. The highest BCUT2D eigenvalue weighted by atomic mass is 16.6. The molecule has 0 bridgehead atoms. The normalized spacial score (nSPS) is 9.75. The summed E-state index contributed by atoms with van der Waals surface area (Å²) in [6.07, 6.45) is 0.571. The summed E-state index contributed by atoms with van der Waals surface area (Å²) < 4.78 is 0. The van der Waals surface area contributed by atoms with E-state index in [1.165, 1.54) is 12.1 Å². The fraction of sp³-hybridized carbons (Fsp3) is 0.250. The Morgan fingerprint density at radius 3 is 2.83 bits per heavy atom. The fourth-order valence-electron chi connectivity index (χ4n) is 0.970. The molecular formula is C8H9N2O2-. The molecule has 0 aromatic heterocycles. The van der Waals surface area contributed by atoms with E-state index in [0.717, 1.165) is 5.56 Å². The van der Waals surface area contributed by atoms with E-state index in [-0.39, 0.29) is 12.2 Å². The molecular weight excluding hydrogens is 156 g/mol. The number of nitro benzene ring substituents is 1. The van der Waals surface area contributed by atoms with E-state index in [4.69, 9.17) is 5.73 Å². The van der Waals surface area contributed by atoms with Crippen LogP contribution in [0.3, 0.4) is 0 Å². The molecule has 1 aromatic carbocycles. The summed E-state index contributed by atoms with van der Waals surface area (Å²) in [5.41, 5.74) is 7.89. The first kappa shape index (κ1) is 8.67. The molecule has 1 aromatic rings. The standard InChI is InChI=1S/C8H9N2O2/c9-5-4-7-2-1-3-8(6-7)10(11)12/h1-3,6,9H,4-5H2/q-1. The Hall–Kier alpha value is -1.42. The highest BCUT2D eigenvalue weighted by Gasteiger charge is 2.03. The Kier molecular flexibility index (Phi) is 2.76. The molecule has 64 valence electrons. The summed E-state index contributed by atoms with van der Waals surface area (Å²) in [7, 11) is 0. The Balaban J connectivity index is 2.88. The summed E-state index contributed by atoms with van der Waals surface area (Å²) >= 11 is 0. The maximum Gasteiger partial charge on any atom is 0.269 e. The molecule has 0 aliphatic carbocycles. The van der Waals surface area contributed by atoms with E-state index < -0.39 is 4.92 Å². The minimum atomic E-state index is -0.423. The second kappa shape index (κ2) is 3.82. The molecule has 0 fully saturated rings. The van der Waals surface area contributed by atoms with Crippen LogP contribution in [0.2, 0.25) is 0 Å². The highest BCUT2D eigenvalue weighted by Crippen LogP contribution is 2.13. The average Bonchev–Trinajstić information content (AvgIpc) is 2.05. The summed E-state index contributed by atoms with van der Waals surface area (Å²) in [5.74, 6) is 0. The van der Waals surface area contributed by atoms with Crippen LogP contribution in [0.1, 0.15) is 5.56 Å². The molecule has 0 radical (unpaired) electrons. The van der Waals surface area contributed by atoms with Crippen LogP contribution in [0.5, 0.6) is 0 Å². The molecule has 4 heteroatoms. The van der Waals surface area contributed by atoms with Gasteiger partial charge in [-0.1, -0.05) is 12.1 Å². The Bertz CT molecular complexity index is 286. The van der Waals surface area contributed by atoms with Crippen molar-refractivity contribution < 1.29 is 4.92 Å². The number of rotatable bonds is 3. The van der Waals surface area contributed by atoms with Crippen molar-refractivity contribution in [3.05, 3.63) is 45.7 Å². The molecule has 1 rings (SSSR count). The number of nitrogens with zero attached hydrogens (tertiary/aromatic N) is 1. The molecule has 0 heterocycles. The van der Waals surface area contributed by atoms with Gasteiger partial charge in [0.05, 0.1) is 4.92 Å². The lowest BCUT2D eigenvalue weighted by Gasteiger charge is -2.00. The smallest absolute Gasteiger partial charge is 0.269 e. The van der Waals surface area contributed by atoms with Crippen molar-refractivity contribution in [1.82, 2.24) is 0 Å². The van der Waals surface area contributed by atoms with Crippen molar-refractivity contribution >= 4 is 5.69 Å². The zero-order valence-electron chi connectivity index (χ0n) is 6.49. The molecule has 0 amide bonds. The zero-order chi connectivity index (χ0) is 8.97. The first-order valence-corrected chi connectivity index (χ1v) is 3.62. The number of nitrogens with one attached hydrogen (secondary N) is 1. The van der Waals surface area contributed by atoms with Gasteiger partial charge in [-0.15, -0.1) is 6.54 Å². The molecule has 0 spiro atoms. The number of benzene rings is 1. The van der Waals surface area contributed by atoms with Gasteiger partial charge in [0.2, 0.25) is 0 Å². The molecule has 0 aliphatic heterocycles. The number of hydrogen-bond donors (Lipinski definition) is 0. The van der Waals surface area contributed by atoms with Gasteiger partial charge in [-0.2, -0.15) is 0 Å². The van der Waals surface area contributed by atoms with Crippen LogP contribution in [0.25, 0.3) is 5.73 Å². The third-order valence-corrected chi connectivity index (χ3v) is 1.54. The Labute approximate surface area is 70.2 Å². The van der Waals surface area contributed by atoms with E-state index in [1.807, 2.05) is 0 Å². The minimum absolute atomic E-state index is 0.0981. The van der Waals surface area contributed by atoms with Gasteiger partial charge >= 0.3 is 0 Å². The SMILES string of the molecule is [NH-]CCc1cccc([N+](=O)[O-])c1. The second-order valence-corrected chi connectivity index (χ2v) is 2.43. The van der Waals surface area contributed by atoms with E-state index in [9.17, 15) is 10.1 Å². The van der Waals surface area contributed by atoms with Crippen LogP contribution >= 0.6 is 0 Å². The van der Waals surface area contributed by atoms with Gasteiger partial charge in [0.25, 0.3) is 5.69 Å². The molecule has 0 unspecified atom stereocenters. The number of hydrogen-bond acceptors (Lipinski definition) is 2. The van der Waals surface area contributed by atoms with Crippen LogP contribution in [-0.4, -0.2) is 11.5 Å². The quantitative estimate of drug-likeness (QED) is 0.508. The van der Waals surface area contributed by atoms with Gasteiger partial charge in [-0.3, -0.25) is 10.1 Å². The summed E-state index contributed by atoms with van der Waals surface area (Å²) in [4.78, 5) is 9.89. The lowest BCUT2D eigenvalue weighted by Crippen LogP contribution is -1.91. The molecule has 0 saturated carbocycles. The van der Waals surface area contributed by atoms with Crippen LogP contribution in [-0.2, 0) is 6.42 Å². The fourth-order valence-corrected chi connectivity index (χ4v) is 0.970. The largest absolute Gasteiger partial charge is 0.677 e. The van der Waals surface area contributed by atoms with Crippen molar-refractivity contribution in [2.24, 2.45) is 0 Å². The van der Waals surface area contributed by atoms with Gasteiger partial charge in [0, 0.05) is 12.1 Å². The van der Waals surface area contributed by atoms with E-state index in [0.29, 0.717) is 6.42 Å². The molecule has 12 heavy (non-hydrogen) atoms. The minimum Gasteiger partial charge on any atom is -0.677 e. The lowest BCUT2D eigenvalue weighted by molar-refractivity contribution is -0.384. The second-order valence-electron chi connectivity index (χ2n) is 2.43. The topological polar surface area (TPSA) is 66.9 Å². The van der Waals surface area contributed by atoms with Crippen LogP contribution in [0.4, 0.5) is 5.69 Å². The lowest BCUT2D eigenvalue weighted by atomic mass is 10.1. The van der Waals surface area contributed by atoms with Gasteiger partial charge in [-0.25, -0.2) is 0 Å². The van der Waals surface area contributed by atoms with Crippen molar-refractivity contribution in [3.63, 3.8) is 0 Å². The third kappa shape index (κ3) is 2.03.